The van der Waals surface area contributed by atoms with Gasteiger partial charge in [-0.05, 0) is 49.1 Å². The first-order valence-electron chi connectivity index (χ1n) is 14.2. The number of nitrogens with one attached hydrogen (secondary N) is 1. The Morgan fingerprint density at radius 2 is 1.90 bits per heavy atom. The van der Waals surface area contributed by atoms with Crippen molar-refractivity contribution >= 4 is 22.8 Å². The second-order valence-corrected chi connectivity index (χ2v) is 12.0. The van der Waals surface area contributed by atoms with Crippen molar-refractivity contribution in [2.45, 2.75) is 63.8 Å². The van der Waals surface area contributed by atoms with Gasteiger partial charge >= 0.3 is 5.76 Å². The summed E-state index contributed by atoms with van der Waals surface area (Å²) in [4.78, 5) is 26.6. The summed E-state index contributed by atoms with van der Waals surface area (Å²) < 4.78 is 8.19. The van der Waals surface area contributed by atoms with Gasteiger partial charge in [0.25, 0.3) is 5.89 Å². The van der Waals surface area contributed by atoms with Crippen molar-refractivity contribution in [2.75, 3.05) is 0 Å². The van der Waals surface area contributed by atoms with Crippen LogP contribution in [0, 0.1) is 17.0 Å². The van der Waals surface area contributed by atoms with Crippen LogP contribution < -0.4 is 10.5 Å². The molecule has 0 radical (unpaired) electrons. The molecule has 2 aliphatic carbocycles. The van der Waals surface area contributed by atoms with Gasteiger partial charge in [0.05, 0.1) is 11.0 Å². The molecule has 10 nitrogen and oxygen atoms in total. The van der Waals surface area contributed by atoms with Crippen molar-refractivity contribution in [3.8, 4) is 23.0 Å². The molecule has 0 unspecified atom stereocenters. The standard InChI is InChI=1S/C30H30ClN7O3/c1-18-8-10-19(11-9-18)15-38-24-23(20-14-22(31)17-37(40)16-20)32-26(27-35-36-29(39)41-27)33-25(24)34-28(38)30(12-5-13-30)21-6-3-2-4-7-21/h2-4,6-7,14,16-19H,5,8-13,15H2,1H3,(H,36,39)/t18-,19-. The average molecular weight is 572 g/mol. The van der Waals surface area contributed by atoms with Crippen LogP contribution in [0.2, 0.25) is 5.02 Å². The van der Waals surface area contributed by atoms with Crippen molar-refractivity contribution in [1.82, 2.24) is 29.7 Å². The van der Waals surface area contributed by atoms with Crippen LogP contribution in [-0.2, 0) is 12.0 Å². The number of rotatable bonds is 6. The molecule has 4 heterocycles. The molecule has 0 aliphatic heterocycles. The predicted octanol–water partition coefficient (Wildman–Crippen LogP) is 5.42. The van der Waals surface area contributed by atoms with E-state index in [-0.39, 0.29) is 22.2 Å². The van der Waals surface area contributed by atoms with Gasteiger partial charge in [-0.25, -0.2) is 24.8 Å². The lowest BCUT2D eigenvalue weighted by atomic mass is 9.63. The predicted molar refractivity (Wildman–Crippen MR) is 153 cm³/mol. The van der Waals surface area contributed by atoms with Crippen molar-refractivity contribution in [2.24, 2.45) is 11.8 Å². The van der Waals surface area contributed by atoms with Gasteiger partial charge in [-0.3, -0.25) is 0 Å². The van der Waals surface area contributed by atoms with Crippen LogP contribution >= 0.6 is 11.6 Å². The number of halogens is 1. The van der Waals surface area contributed by atoms with Gasteiger partial charge in [0.1, 0.15) is 22.1 Å². The molecule has 1 aromatic carbocycles. The molecule has 11 heteroatoms. The SMILES string of the molecule is C[C@H]1CC[C@H](Cn2c(C3(c4ccccc4)CCC3)nc3nc(-c4n[nH]c(=O)o4)nc(-c4cc(Cl)c[n+]([O-])c4)c32)CC1. The number of hydrogen-bond acceptors (Lipinski definition) is 7. The number of imidazole rings is 1. The summed E-state index contributed by atoms with van der Waals surface area (Å²) in [7, 11) is 0. The Kier molecular flexibility index (Phi) is 6.37. The number of nitrogens with zero attached hydrogens (tertiary/aromatic N) is 6. The summed E-state index contributed by atoms with van der Waals surface area (Å²) in [6.45, 7) is 3.10. The molecule has 4 aromatic heterocycles. The monoisotopic (exact) mass is 571 g/mol. The highest BCUT2D eigenvalue weighted by molar-refractivity contribution is 6.30. The molecule has 0 atom stereocenters. The first kappa shape index (κ1) is 25.9. The van der Waals surface area contributed by atoms with Crippen LogP contribution in [-0.4, -0.2) is 29.7 Å². The van der Waals surface area contributed by atoms with E-state index < -0.39 is 5.76 Å². The third-order valence-corrected chi connectivity index (χ3v) is 9.06. The molecule has 5 aromatic rings. The van der Waals surface area contributed by atoms with Crippen molar-refractivity contribution < 1.29 is 9.15 Å². The Labute approximate surface area is 241 Å². The van der Waals surface area contributed by atoms with E-state index in [9.17, 15) is 10.0 Å². The summed E-state index contributed by atoms with van der Waals surface area (Å²) in [6.07, 6.45) is 10.5. The topological polar surface area (TPSA) is 129 Å². The van der Waals surface area contributed by atoms with Gasteiger partial charge in [-0.1, -0.05) is 68.1 Å². The first-order valence-corrected chi connectivity index (χ1v) is 14.6. The Balaban J connectivity index is 1.51. The first-order chi connectivity index (χ1) is 19.9. The van der Waals surface area contributed by atoms with Crippen LogP contribution in [0.1, 0.15) is 63.3 Å². The second kappa shape index (κ2) is 10.1. The highest BCUT2D eigenvalue weighted by atomic mass is 35.5. The van der Waals surface area contributed by atoms with Gasteiger partial charge in [0.15, 0.2) is 18.0 Å². The molecule has 41 heavy (non-hydrogen) atoms. The molecule has 210 valence electrons. The molecule has 0 bridgehead atoms. The lowest BCUT2D eigenvalue weighted by Gasteiger charge is -2.42. The lowest BCUT2D eigenvalue weighted by molar-refractivity contribution is -0.604. The van der Waals surface area contributed by atoms with Gasteiger partial charge in [0.2, 0.25) is 5.82 Å². The molecule has 2 aliphatic rings. The molecule has 2 saturated carbocycles. The molecule has 2 fully saturated rings. The Morgan fingerprint density at radius 3 is 2.56 bits per heavy atom. The van der Waals surface area contributed by atoms with E-state index in [1.54, 1.807) is 6.07 Å². The van der Waals surface area contributed by atoms with Crippen LogP contribution in [0.15, 0.2) is 58.0 Å². The summed E-state index contributed by atoms with van der Waals surface area (Å²) in [5.74, 6) is 1.52. The quantitative estimate of drug-likeness (QED) is 0.213. The van der Waals surface area contributed by atoms with Crippen LogP contribution in [0.3, 0.4) is 0 Å². The molecule has 0 saturated heterocycles. The van der Waals surface area contributed by atoms with E-state index in [2.05, 4.69) is 46.0 Å². The maximum Gasteiger partial charge on any atom is 0.434 e. The number of aromatic amines is 1. The number of H-pyrrole nitrogens is 1. The fraction of sp³-hybridized carbons (Fsp3) is 0.400. The minimum Gasteiger partial charge on any atom is -0.619 e. The fourth-order valence-electron chi connectivity index (χ4n) is 6.55. The van der Waals surface area contributed by atoms with E-state index >= 15 is 0 Å². The smallest absolute Gasteiger partial charge is 0.434 e. The Morgan fingerprint density at radius 1 is 1.12 bits per heavy atom. The van der Waals surface area contributed by atoms with E-state index in [1.165, 1.54) is 30.8 Å². The lowest BCUT2D eigenvalue weighted by Crippen LogP contribution is -2.39. The third kappa shape index (κ3) is 4.60. The second-order valence-electron chi connectivity index (χ2n) is 11.6. The van der Waals surface area contributed by atoms with Crippen molar-refractivity contribution in [3.05, 3.63) is 81.0 Å². The molecular formula is C30H30ClN7O3. The molecule has 7 rings (SSSR count). The summed E-state index contributed by atoms with van der Waals surface area (Å²) in [6, 6.07) is 12.3. The van der Waals surface area contributed by atoms with E-state index in [4.69, 9.17) is 31.0 Å². The fourth-order valence-corrected chi connectivity index (χ4v) is 6.76. The third-order valence-electron chi connectivity index (χ3n) is 8.85. The van der Waals surface area contributed by atoms with E-state index in [0.29, 0.717) is 27.6 Å². The summed E-state index contributed by atoms with van der Waals surface area (Å²) in [5, 5.41) is 19.0. The van der Waals surface area contributed by atoms with Crippen molar-refractivity contribution in [3.63, 3.8) is 0 Å². The van der Waals surface area contributed by atoms with Crippen LogP contribution in [0.4, 0.5) is 0 Å². The van der Waals surface area contributed by atoms with Gasteiger partial charge in [0, 0.05) is 6.54 Å². The largest absolute Gasteiger partial charge is 0.619 e. The Bertz CT molecular complexity index is 1760. The molecule has 0 spiro atoms. The minimum atomic E-state index is -0.708. The van der Waals surface area contributed by atoms with E-state index in [0.717, 1.165) is 55.9 Å². The highest BCUT2D eigenvalue weighted by Crippen LogP contribution is 2.50. The zero-order valence-electron chi connectivity index (χ0n) is 22.7. The number of hydrogen-bond donors (Lipinski definition) is 1. The molecule has 1 N–H and O–H groups in total. The highest BCUT2D eigenvalue weighted by Gasteiger charge is 2.45. The average Bonchev–Trinajstić information content (AvgIpc) is 3.53. The normalized spacial score (nSPS) is 20.2. The Hall–Kier alpha value is -4.05. The molecular weight excluding hydrogens is 542 g/mol. The zero-order chi connectivity index (χ0) is 28.1. The zero-order valence-corrected chi connectivity index (χ0v) is 23.5. The molecule has 0 amide bonds. The van der Waals surface area contributed by atoms with E-state index in [1.807, 2.05) is 6.07 Å². The number of benzene rings is 1. The number of fused-ring (bicyclic) bond motifs is 1. The maximum absolute atomic E-state index is 12.5. The van der Waals surface area contributed by atoms with Gasteiger partial charge in [-0.2, -0.15) is 4.73 Å². The van der Waals surface area contributed by atoms with Gasteiger partial charge in [-0.15, -0.1) is 5.10 Å². The summed E-state index contributed by atoms with van der Waals surface area (Å²) in [5.41, 5.74) is 3.19. The van der Waals surface area contributed by atoms with Crippen LogP contribution in [0.5, 0.6) is 0 Å². The number of pyridine rings is 1. The number of aromatic nitrogens is 7. The van der Waals surface area contributed by atoms with Gasteiger partial charge < -0.3 is 14.2 Å². The maximum atomic E-state index is 12.5. The van der Waals surface area contributed by atoms with Crippen molar-refractivity contribution in [1.29, 1.82) is 0 Å². The minimum absolute atomic E-state index is 0.0473. The summed E-state index contributed by atoms with van der Waals surface area (Å²) >= 11 is 6.35. The van der Waals surface area contributed by atoms with Crippen LogP contribution in [0.25, 0.3) is 34.1 Å².